The molecule has 0 bridgehead atoms. The molecule has 1 aliphatic rings. The normalized spacial score (nSPS) is 15.2. The van der Waals surface area contributed by atoms with Gasteiger partial charge in [0, 0.05) is 36.8 Å². The summed E-state index contributed by atoms with van der Waals surface area (Å²) in [4.78, 5) is 14.9. The number of nitrogens with zero attached hydrogens (tertiary/aromatic N) is 1. The van der Waals surface area contributed by atoms with Crippen molar-refractivity contribution in [3.05, 3.63) is 65.0 Å². The van der Waals surface area contributed by atoms with Gasteiger partial charge >= 0.3 is 0 Å². The molecule has 0 aromatic heterocycles. The van der Waals surface area contributed by atoms with Crippen molar-refractivity contribution in [2.75, 3.05) is 27.2 Å². The van der Waals surface area contributed by atoms with Gasteiger partial charge in [-0.25, -0.2) is 0 Å². The first kappa shape index (κ1) is 28.6. The van der Waals surface area contributed by atoms with Crippen molar-refractivity contribution in [3.63, 3.8) is 0 Å². The van der Waals surface area contributed by atoms with E-state index in [9.17, 15) is 4.79 Å². The highest BCUT2D eigenvalue weighted by Gasteiger charge is 2.25. The molecule has 0 radical (unpaired) electrons. The van der Waals surface area contributed by atoms with Crippen LogP contribution in [0.15, 0.2) is 59.5 Å². The maximum absolute atomic E-state index is 13.1. The molecular weight excluding hydrogens is 436 g/mol. The Hall–Kier alpha value is -2.61. The molecule has 0 saturated carbocycles. The molecule has 194 valence electrons. The zero-order valence-electron chi connectivity index (χ0n) is 22.5. The van der Waals surface area contributed by atoms with Gasteiger partial charge in [0.05, 0.1) is 11.4 Å². The summed E-state index contributed by atoms with van der Waals surface area (Å²) < 4.78 is 0. The Morgan fingerprint density at radius 1 is 1.11 bits per heavy atom. The van der Waals surface area contributed by atoms with E-state index in [1.807, 2.05) is 50.5 Å². The van der Waals surface area contributed by atoms with Gasteiger partial charge < -0.3 is 26.7 Å². The maximum atomic E-state index is 13.1. The predicted octanol–water partition coefficient (Wildman–Crippen LogP) is 3.62. The fourth-order valence-electron chi connectivity index (χ4n) is 4.42. The standard InChI is InChI=1S/C28H46N6O/c1-27(2,20-31-5)17-18-28(3,4)32-19-16-24(35)34(6)23-15-11-10-14-22(23)26(33-30)25(29)21-12-8-7-9-13-21/h7-9,11-13,15,31-33H,10,14,16-20,29-30H2,1-6H3/b26-25-. The lowest BCUT2D eigenvalue weighted by Gasteiger charge is -2.32. The van der Waals surface area contributed by atoms with Crippen LogP contribution in [-0.2, 0) is 4.79 Å². The Balaban J connectivity index is 2.09. The minimum Gasteiger partial charge on any atom is -0.397 e. The zero-order chi connectivity index (χ0) is 26.1. The molecule has 2 rings (SSSR count). The first-order valence-electron chi connectivity index (χ1n) is 12.6. The van der Waals surface area contributed by atoms with Crippen LogP contribution in [0.25, 0.3) is 5.70 Å². The fraction of sp³-hybridized carbons (Fsp3) is 0.536. The van der Waals surface area contributed by atoms with Crippen molar-refractivity contribution < 1.29 is 4.79 Å². The Bertz CT molecular complexity index is 930. The molecule has 0 spiro atoms. The van der Waals surface area contributed by atoms with Crippen LogP contribution in [0.2, 0.25) is 0 Å². The van der Waals surface area contributed by atoms with Gasteiger partial charge in [-0.1, -0.05) is 50.3 Å². The van der Waals surface area contributed by atoms with Crippen molar-refractivity contribution in [2.24, 2.45) is 17.0 Å². The molecule has 7 N–H and O–H groups in total. The number of amides is 1. The third-order valence-corrected chi connectivity index (χ3v) is 6.71. The summed E-state index contributed by atoms with van der Waals surface area (Å²) in [6.07, 6.45) is 8.26. The van der Waals surface area contributed by atoms with E-state index in [0.717, 1.165) is 49.1 Å². The van der Waals surface area contributed by atoms with Crippen molar-refractivity contribution in [1.29, 1.82) is 0 Å². The Morgan fingerprint density at radius 2 is 1.80 bits per heavy atom. The van der Waals surface area contributed by atoms with E-state index < -0.39 is 0 Å². The van der Waals surface area contributed by atoms with E-state index in [1.54, 1.807) is 4.90 Å². The Kier molecular flexibility index (Phi) is 10.6. The van der Waals surface area contributed by atoms with Crippen LogP contribution in [0.1, 0.15) is 65.4 Å². The number of hydrogen-bond donors (Lipinski definition) is 5. The van der Waals surface area contributed by atoms with E-state index in [1.165, 1.54) is 0 Å². The molecule has 0 atom stereocenters. The van der Waals surface area contributed by atoms with Crippen LogP contribution >= 0.6 is 0 Å². The molecule has 1 amide bonds. The van der Waals surface area contributed by atoms with Crippen molar-refractivity contribution in [2.45, 2.75) is 65.3 Å². The number of carbonyl (C=O) groups is 1. The number of likely N-dealkylation sites (N-methyl/N-ethyl adjacent to an activating group) is 1. The highest BCUT2D eigenvalue weighted by Crippen LogP contribution is 2.29. The van der Waals surface area contributed by atoms with Gasteiger partial charge in [0.2, 0.25) is 5.91 Å². The molecular formula is C28H46N6O. The van der Waals surface area contributed by atoms with Gasteiger partial charge in [-0.3, -0.25) is 10.6 Å². The zero-order valence-corrected chi connectivity index (χ0v) is 22.5. The maximum Gasteiger partial charge on any atom is 0.228 e. The smallest absolute Gasteiger partial charge is 0.228 e. The number of allylic oxidation sites excluding steroid dienone is 3. The summed E-state index contributed by atoms with van der Waals surface area (Å²) in [6.45, 7) is 10.6. The quantitative estimate of drug-likeness (QED) is 0.217. The van der Waals surface area contributed by atoms with Gasteiger partial charge in [0.25, 0.3) is 0 Å². The molecule has 0 saturated heterocycles. The van der Waals surface area contributed by atoms with Crippen LogP contribution < -0.4 is 27.6 Å². The van der Waals surface area contributed by atoms with E-state index in [0.29, 0.717) is 24.4 Å². The summed E-state index contributed by atoms with van der Waals surface area (Å²) in [6, 6.07) is 9.74. The molecule has 7 heteroatoms. The van der Waals surface area contributed by atoms with Crippen molar-refractivity contribution >= 4 is 11.6 Å². The molecule has 1 aromatic rings. The predicted molar refractivity (Wildman–Crippen MR) is 147 cm³/mol. The van der Waals surface area contributed by atoms with Crippen LogP contribution in [0, 0.1) is 5.41 Å². The number of carbonyl (C=O) groups excluding carboxylic acids is 1. The Morgan fingerprint density at radius 3 is 2.43 bits per heavy atom. The Labute approximate surface area is 212 Å². The number of hydrogen-bond acceptors (Lipinski definition) is 6. The first-order valence-corrected chi connectivity index (χ1v) is 12.6. The van der Waals surface area contributed by atoms with E-state index >= 15 is 0 Å². The minimum atomic E-state index is -0.0391. The largest absolute Gasteiger partial charge is 0.397 e. The second-order valence-corrected chi connectivity index (χ2v) is 10.8. The molecule has 0 heterocycles. The molecule has 1 aromatic carbocycles. The molecule has 7 nitrogen and oxygen atoms in total. The summed E-state index contributed by atoms with van der Waals surface area (Å²) in [7, 11) is 3.82. The van der Waals surface area contributed by atoms with E-state index in [-0.39, 0.29) is 16.9 Å². The van der Waals surface area contributed by atoms with Crippen LogP contribution in [0.5, 0.6) is 0 Å². The fourth-order valence-corrected chi connectivity index (χ4v) is 4.42. The topological polar surface area (TPSA) is 108 Å². The average Bonchev–Trinajstić information content (AvgIpc) is 2.83. The number of nitrogens with one attached hydrogen (secondary N) is 3. The lowest BCUT2D eigenvalue weighted by Crippen LogP contribution is -2.42. The molecule has 35 heavy (non-hydrogen) atoms. The average molecular weight is 483 g/mol. The van der Waals surface area contributed by atoms with Crippen molar-refractivity contribution in [1.82, 2.24) is 21.0 Å². The van der Waals surface area contributed by atoms with Crippen molar-refractivity contribution in [3.8, 4) is 0 Å². The third-order valence-electron chi connectivity index (χ3n) is 6.71. The number of hydrazine groups is 1. The first-order chi connectivity index (χ1) is 16.5. The third kappa shape index (κ3) is 8.53. The number of nitrogens with two attached hydrogens (primary N) is 2. The molecule has 0 fully saturated rings. The van der Waals surface area contributed by atoms with Gasteiger partial charge in [-0.2, -0.15) is 0 Å². The van der Waals surface area contributed by atoms with Gasteiger partial charge in [0.15, 0.2) is 0 Å². The summed E-state index contributed by atoms with van der Waals surface area (Å²) in [5, 5.41) is 6.86. The van der Waals surface area contributed by atoms with Crippen LogP contribution in [0.4, 0.5) is 0 Å². The van der Waals surface area contributed by atoms with E-state index in [2.05, 4.69) is 49.8 Å². The molecule has 1 aliphatic carbocycles. The second kappa shape index (κ2) is 12.9. The second-order valence-electron chi connectivity index (χ2n) is 10.8. The van der Waals surface area contributed by atoms with Gasteiger partial charge in [-0.15, -0.1) is 0 Å². The lowest BCUT2D eigenvalue weighted by molar-refractivity contribution is -0.128. The lowest BCUT2D eigenvalue weighted by atomic mass is 9.83. The minimum absolute atomic E-state index is 0.0391. The summed E-state index contributed by atoms with van der Waals surface area (Å²) in [5.74, 6) is 5.98. The summed E-state index contributed by atoms with van der Waals surface area (Å²) in [5.41, 5.74) is 13.4. The number of rotatable bonds is 13. The van der Waals surface area contributed by atoms with Gasteiger partial charge in [-0.05, 0) is 70.2 Å². The number of benzene rings is 1. The van der Waals surface area contributed by atoms with Gasteiger partial charge in [0.1, 0.15) is 0 Å². The highest BCUT2D eigenvalue weighted by atomic mass is 16.2. The SMILES string of the molecule is CNCC(C)(C)CCC(C)(C)NCCC(=O)N(C)C1=C(/C(NN)=C(/N)c2ccccc2)CCC=C1. The van der Waals surface area contributed by atoms with Crippen LogP contribution in [0.3, 0.4) is 0 Å². The van der Waals surface area contributed by atoms with Crippen LogP contribution in [-0.4, -0.2) is 43.5 Å². The summed E-state index contributed by atoms with van der Waals surface area (Å²) >= 11 is 0. The highest BCUT2D eigenvalue weighted by molar-refractivity contribution is 5.80. The monoisotopic (exact) mass is 482 g/mol. The molecule has 0 aliphatic heterocycles. The molecule has 0 unspecified atom stereocenters. The van der Waals surface area contributed by atoms with E-state index in [4.69, 9.17) is 11.6 Å².